The molecule has 1 atom stereocenters. The van der Waals surface area contributed by atoms with Crippen molar-refractivity contribution in [1.29, 1.82) is 0 Å². The SMILES string of the molecule is COc1cc(F)ccc1-c1ccc(C(NCCN)c2ccncc2)cc1. The fraction of sp³-hybridized carbons (Fsp3) is 0.190. The molecule has 4 nitrogen and oxygen atoms in total. The Hall–Kier alpha value is -2.76. The molecule has 2 aromatic carbocycles. The van der Waals surface area contributed by atoms with Crippen LogP contribution in [0.5, 0.6) is 5.75 Å². The zero-order chi connectivity index (χ0) is 18.4. The van der Waals surface area contributed by atoms with Gasteiger partial charge in [0.05, 0.1) is 13.2 Å². The third kappa shape index (κ3) is 4.07. The average molecular weight is 351 g/mol. The number of halogens is 1. The Morgan fingerprint density at radius 3 is 2.38 bits per heavy atom. The Balaban J connectivity index is 1.92. The molecule has 3 aromatic rings. The number of hydrogen-bond acceptors (Lipinski definition) is 4. The van der Waals surface area contributed by atoms with Crippen molar-refractivity contribution >= 4 is 0 Å². The molecule has 5 heteroatoms. The van der Waals surface area contributed by atoms with Gasteiger partial charge in [-0.15, -0.1) is 0 Å². The van der Waals surface area contributed by atoms with Gasteiger partial charge in [-0.2, -0.15) is 0 Å². The minimum absolute atomic E-state index is 0.0331. The maximum atomic E-state index is 13.4. The number of nitrogens with zero attached hydrogens (tertiary/aromatic N) is 1. The van der Waals surface area contributed by atoms with Gasteiger partial charge in [0.15, 0.2) is 0 Å². The first-order valence-corrected chi connectivity index (χ1v) is 8.50. The molecule has 0 fully saturated rings. The molecule has 0 radical (unpaired) electrons. The van der Waals surface area contributed by atoms with Crippen molar-refractivity contribution in [3.05, 3.63) is 83.9 Å². The highest BCUT2D eigenvalue weighted by molar-refractivity contribution is 5.70. The van der Waals surface area contributed by atoms with E-state index in [2.05, 4.69) is 22.4 Å². The second-order valence-electron chi connectivity index (χ2n) is 5.92. The van der Waals surface area contributed by atoms with Crippen LogP contribution >= 0.6 is 0 Å². The lowest BCUT2D eigenvalue weighted by molar-refractivity contribution is 0.413. The van der Waals surface area contributed by atoms with E-state index in [4.69, 9.17) is 10.5 Å². The third-order valence-electron chi connectivity index (χ3n) is 4.25. The number of nitrogens with one attached hydrogen (secondary N) is 1. The fourth-order valence-electron chi connectivity index (χ4n) is 2.97. The van der Waals surface area contributed by atoms with Crippen LogP contribution in [0.3, 0.4) is 0 Å². The molecule has 1 unspecified atom stereocenters. The van der Waals surface area contributed by atoms with E-state index in [9.17, 15) is 4.39 Å². The molecule has 0 saturated heterocycles. The van der Waals surface area contributed by atoms with Gasteiger partial charge >= 0.3 is 0 Å². The van der Waals surface area contributed by atoms with Crippen LogP contribution in [0.2, 0.25) is 0 Å². The quantitative estimate of drug-likeness (QED) is 0.684. The Labute approximate surface area is 152 Å². The van der Waals surface area contributed by atoms with E-state index in [0.717, 1.165) is 22.3 Å². The topological polar surface area (TPSA) is 60.2 Å². The highest BCUT2D eigenvalue weighted by Crippen LogP contribution is 2.32. The molecule has 3 N–H and O–H groups in total. The van der Waals surface area contributed by atoms with Crippen LogP contribution in [0, 0.1) is 5.82 Å². The van der Waals surface area contributed by atoms with Gasteiger partial charge in [0.2, 0.25) is 0 Å². The number of aromatic nitrogens is 1. The van der Waals surface area contributed by atoms with Crippen molar-refractivity contribution in [2.24, 2.45) is 5.73 Å². The molecule has 0 spiro atoms. The number of nitrogens with two attached hydrogens (primary N) is 1. The number of pyridine rings is 1. The van der Waals surface area contributed by atoms with E-state index in [1.807, 2.05) is 24.3 Å². The summed E-state index contributed by atoms with van der Waals surface area (Å²) < 4.78 is 18.7. The summed E-state index contributed by atoms with van der Waals surface area (Å²) in [4.78, 5) is 4.08. The zero-order valence-corrected chi connectivity index (χ0v) is 14.7. The molecule has 26 heavy (non-hydrogen) atoms. The number of rotatable bonds is 7. The van der Waals surface area contributed by atoms with Gasteiger partial charge in [0, 0.05) is 37.1 Å². The molecular weight excluding hydrogens is 329 g/mol. The van der Waals surface area contributed by atoms with Crippen LogP contribution < -0.4 is 15.8 Å². The van der Waals surface area contributed by atoms with Crippen molar-refractivity contribution in [1.82, 2.24) is 10.3 Å². The molecule has 3 rings (SSSR count). The summed E-state index contributed by atoms with van der Waals surface area (Å²) in [5, 5.41) is 3.46. The van der Waals surface area contributed by atoms with Crippen molar-refractivity contribution in [3.8, 4) is 16.9 Å². The van der Waals surface area contributed by atoms with Crippen LogP contribution in [0.4, 0.5) is 4.39 Å². The summed E-state index contributed by atoms with van der Waals surface area (Å²) in [5.74, 6) is 0.204. The van der Waals surface area contributed by atoms with Gasteiger partial charge in [-0.3, -0.25) is 4.98 Å². The average Bonchev–Trinajstić information content (AvgIpc) is 2.69. The van der Waals surface area contributed by atoms with E-state index in [0.29, 0.717) is 18.8 Å². The zero-order valence-electron chi connectivity index (χ0n) is 14.7. The molecule has 0 aliphatic rings. The van der Waals surface area contributed by atoms with Crippen LogP contribution in [-0.2, 0) is 0 Å². The maximum Gasteiger partial charge on any atom is 0.129 e. The molecule has 0 aliphatic carbocycles. The lowest BCUT2D eigenvalue weighted by Crippen LogP contribution is -2.28. The number of hydrogen-bond donors (Lipinski definition) is 2. The first kappa shape index (κ1) is 18.0. The Morgan fingerprint density at radius 2 is 1.73 bits per heavy atom. The molecule has 0 saturated carbocycles. The standard InChI is InChI=1S/C21H22FN3O/c1-26-20-14-18(22)6-7-19(20)15-2-4-16(5-3-15)21(25-13-10-23)17-8-11-24-12-9-17/h2-9,11-12,14,21,25H,10,13,23H2,1H3. The molecule has 134 valence electrons. The number of benzene rings is 2. The molecular formula is C21H22FN3O. The summed E-state index contributed by atoms with van der Waals surface area (Å²) in [6, 6.07) is 16.7. The van der Waals surface area contributed by atoms with E-state index in [1.165, 1.54) is 12.1 Å². The fourth-order valence-corrected chi connectivity index (χ4v) is 2.97. The molecule has 0 aliphatic heterocycles. The first-order chi connectivity index (χ1) is 12.7. The first-order valence-electron chi connectivity index (χ1n) is 8.50. The lowest BCUT2D eigenvalue weighted by atomic mass is 9.96. The predicted molar refractivity (Wildman–Crippen MR) is 102 cm³/mol. The van der Waals surface area contributed by atoms with Crippen LogP contribution in [0.15, 0.2) is 67.0 Å². The Morgan fingerprint density at radius 1 is 1.04 bits per heavy atom. The lowest BCUT2D eigenvalue weighted by Gasteiger charge is -2.20. The monoisotopic (exact) mass is 351 g/mol. The molecule has 0 bridgehead atoms. The highest BCUT2D eigenvalue weighted by Gasteiger charge is 2.14. The van der Waals surface area contributed by atoms with Crippen LogP contribution in [0.25, 0.3) is 11.1 Å². The second-order valence-corrected chi connectivity index (χ2v) is 5.92. The van der Waals surface area contributed by atoms with E-state index >= 15 is 0 Å². The van der Waals surface area contributed by atoms with Crippen molar-refractivity contribution in [3.63, 3.8) is 0 Å². The minimum atomic E-state index is -0.314. The van der Waals surface area contributed by atoms with Gasteiger partial charge < -0.3 is 15.8 Å². The normalized spacial score (nSPS) is 12.0. The maximum absolute atomic E-state index is 13.4. The van der Waals surface area contributed by atoms with Gasteiger partial charge in [-0.25, -0.2) is 4.39 Å². The Kier molecular flexibility index (Phi) is 5.94. The summed E-state index contributed by atoms with van der Waals surface area (Å²) in [7, 11) is 1.54. The van der Waals surface area contributed by atoms with E-state index < -0.39 is 0 Å². The number of ether oxygens (including phenoxy) is 1. The van der Waals surface area contributed by atoms with Gasteiger partial charge in [-0.05, 0) is 41.0 Å². The third-order valence-corrected chi connectivity index (χ3v) is 4.25. The predicted octanol–water partition coefficient (Wildman–Crippen LogP) is 3.53. The van der Waals surface area contributed by atoms with E-state index in [1.54, 1.807) is 25.6 Å². The second kappa shape index (κ2) is 8.56. The van der Waals surface area contributed by atoms with Crippen molar-refractivity contribution in [2.75, 3.05) is 20.2 Å². The molecule has 0 amide bonds. The summed E-state index contributed by atoms with van der Waals surface area (Å²) in [6.45, 7) is 1.27. The van der Waals surface area contributed by atoms with Gasteiger partial charge in [0.25, 0.3) is 0 Å². The minimum Gasteiger partial charge on any atom is -0.496 e. The summed E-state index contributed by atoms with van der Waals surface area (Å²) >= 11 is 0. The van der Waals surface area contributed by atoms with Crippen molar-refractivity contribution < 1.29 is 9.13 Å². The van der Waals surface area contributed by atoms with Crippen LogP contribution in [0.1, 0.15) is 17.2 Å². The number of methoxy groups -OCH3 is 1. The van der Waals surface area contributed by atoms with Crippen LogP contribution in [-0.4, -0.2) is 25.2 Å². The van der Waals surface area contributed by atoms with E-state index in [-0.39, 0.29) is 11.9 Å². The summed E-state index contributed by atoms with van der Waals surface area (Å²) in [6.07, 6.45) is 3.56. The highest BCUT2D eigenvalue weighted by atomic mass is 19.1. The Bertz CT molecular complexity index is 838. The smallest absolute Gasteiger partial charge is 0.129 e. The largest absolute Gasteiger partial charge is 0.496 e. The van der Waals surface area contributed by atoms with Gasteiger partial charge in [0.1, 0.15) is 11.6 Å². The molecule has 1 aromatic heterocycles. The van der Waals surface area contributed by atoms with Gasteiger partial charge in [-0.1, -0.05) is 24.3 Å². The van der Waals surface area contributed by atoms with Crippen molar-refractivity contribution in [2.45, 2.75) is 6.04 Å². The molecule has 1 heterocycles. The summed E-state index contributed by atoms with van der Waals surface area (Å²) in [5.41, 5.74) is 9.73.